The maximum Gasteiger partial charge on any atom is 0.229 e. The Morgan fingerprint density at radius 2 is 2.29 bits per heavy atom. The van der Waals surface area contributed by atoms with Crippen LogP contribution in [0.5, 0.6) is 5.75 Å². The second kappa shape index (κ2) is 4.68. The Hall–Kier alpha value is -1.47. The van der Waals surface area contributed by atoms with E-state index in [2.05, 4.69) is 27.8 Å². The lowest BCUT2D eigenvalue weighted by Crippen LogP contribution is -2.08. The van der Waals surface area contributed by atoms with Crippen LogP contribution < -0.4 is 5.73 Å². The molecule has 14 heavy (non-hydrogen) atoms. The SMILES string of the molecule is NC(=O)CC#Cc1ccc(Br)cc1O. The Morgan fingerprint density at radius 1 is 1.57 bits per heavy atom. The van der Waals surface area contributed by atoms with Crippen LogP contribution in [0.15, 0.2) is 22.7 Å². The molecule has 0 saturated heterocycles. The van der Waals surface area contributed by atoms with Crippen molar-refractivity contribution in [2.24, 2.45) is 5.73 Å². The molecule has 1 aromatic carbocycles. The predicted octanol–water partition coefficient (Wildman–Crippen LogP) is 1.38. The minimum atomic E-state index is -0.478. The van der Waals surface area contributed by atoms with Crippen LogP contribution in [0, 0.1) is 11.8 Å². The third-order valence-electron chi connectivity index (χ3n) is 1.45. The summed E-state index contributed by atoms with van der Waals surface area (Å²) in [6, 6.07) is 4.95. The van der Waals surface area contributed by atoms with Gasteiger partial charge in [0.1, 0.15) is 5.75 Å². The van der Waals surface area contributed by atoms with E-state index in [1.54, 1.807) is 12.1 Å². The quantitative estimate of drug-likeness (QED) is 0.743. The van der Waals surface area contributed by atoms with E-state index in [4.69, 9.17) is 5.73 Å². The summed E-state index contributed by atoms with van der Waals surface area (Å²) < 4.78 is 0.774. The van der Waals surface area contributed by atoms with Crippen molar-refractivity contribution < 1.29 is 9.90 Å². The third kappa shape index (κ3) is 3.11. The standard InChI is InChI=1S/C10H8BrNO2/c11-8-5-4-7(9(13)6-8)2-1-3-10(12)14/h4-6,13H,3H2,(H2,12,14). The monoisotopic (exact) mass is 253 g/mol. The number of rotatable bonds is 1. The van der Waals surface area contributed by atoms with Gasteiger partial charge in [0.05, 0.1) is 12.0 Å². The first-order valence-corrected chi connectivity index (χ1v) is 4.64. The van der Waals surface area contributed by atoms with E-state index in [-0.39, 0.29) is 12.2 Å². The smallest absolute Gasteiger partial charge is 0.229 e. The molecule has 1 amide bonds. The van der Waals surface area contributed by atoms with E-state index in [0.29, 0.717) is 5.56 Å². The summed E-state index contributed by atoms with van der Waals surface area (Å²) in [7, 11) is 0. The van der Waals surface area contributed by atoms with Crippen LogP contribution in [0.4, 0.5) is 0 Å². The molecule has 3 N–H and O–H groups in total. The number of amides is 1. The molecule has 3 nitrogen and oxygen atoms in total. The molecule has 0 bridgehead atoms. The maximum atomic E-state index is 10.4. The van der Waals surface area contributed by atoms with Gasteiger partial charge >= 0.3 is 0 Å². The predicted molar refractivity (Wildman–Crippen MR) is 56.5 cm³/mol. The number of carbonyl (C=O) groups is 1. The number of primary amides is 1. The molecule has 1 rings (SSSR count). The summed E-state index contributed by atoms with van der Waals surface area (Å²) in [5.74, 6) is 4.81. The largest absolute Gasteiger partial charge is 0.507 e. The van der Waals surface area contributed by atoms with Gasteiger partial charge in [-0.05, 0) is 18.2 Å². The van der Waals surface area contributed by atoms with Gasteiger partial charge in [0.2, 0.25) is 5.91 Å². The molecule has 0 unspecified atom stereocenters. The molecule has 0 spiro atoms. The van der Waals surface area contributed by atoms with Crippen LogP contribution in [-0.4, -0.2) is 11.0 Å². The molecular formula is C10H8BrNO2. The zero-order valence-electron chi connectivity index (χ0n) is 7.25. The zero-order chi connectivity index (χ0) is 10.6. The van der Waals surface area contributed by atoms with Gasteiger partial charge < -0.3 is 10.8 Å². The highest BCUT2D eigenvalue weighted by Crippen LogP contribution is 2.21. The van der Waals surface area contributed by atoms with Crippen molar-refractivity contribution in [3.8, 4) is 17.6 Å². The fraction of sp³-hybridized carbons (Fsp3) is 0.100. The van der Waals surface area contributed by atoms with E-state index in [1.807, 2.05) is 0 Å². The molecule has 0 atom stereocenters. The van der Waals surface area contributed by atoms with Gasteiger partial charge in [0.15, 0.2) is 0 Å². The maximum absolute atomic E-state index is 10.4. The minimum Gasteiger partial charge on any atom is -0.507 e. The molecule has 0 heterocycles. The van der Waals surface area contributed by atoms with Gasteiger partial charge in [0, 0.05) is 4.47 Å². The highest BCUT2D eigenvalue weighted by atomic mass is 79.9. The number of phenolic OH excluding ortho intramolecular Hbond substituents is 1. The molecule has 0 aliphatic heterocycles. The highest BCUT2D eigenvalue weighted by molar-refractivity contribution is 9.10. The molecular weight excluding hydrogens is 246 g/mol. The van der Waals surface area contributed by atoms with E-state index in [9.17, 15) is 9.90 Å². The highest BCUT2D eigenvalue weighted by Gasteiger charge is 1.97. The van der Waals surface area contributed by atoms with Crippen LogP contribution in [0.1, 0.15) is 12.0 Å². The minimum absolute atomic E-state index is 0.00446. The van der Waals surface area contributed by atoms with E-state index in [1.165, 1.54) is 6.07 Å². The average molecular weight is 254 g/mol. The number of phenols is 1. The second-order valence-corrected chi connectivity index (χ2v) is 3.52. The lowest BCUT2D eigenvalue weighted by molar-refractivity contribution is -0.117. The summed E-state index contributed by atoms with van der Waals surface area (Å²) in [6.07, 6.45) is -0.00446. The number of carbonyl (C=O) groups excluding carboxylic acids is 1. The number of nitrogens with two attached hydrogens (primary N) is 1. The van der Waals surface area contributed by atoms with Crippen molar-refractivity contribution in [2.45, 2.75) is 6.42 Å². The first kappa shape index (κ1) is 10.6. The Kier molecular flexibility index (Phi) is 3.55. The first-order valence-electron chi connectivity index (χ1n) is 3.85. The normalized spacial score (nSPS) is 8.93. The average Bonchev–Trinajstić information content (AvgIpc) is 2.08. The van der Waals surface area contributed by atoms with Crippen molar-refractivity contribution in [1.82, 2.24) is 0 Å². The van der Waals surface area contributed by atoms with Crippen molar-refractivity contribution in [1.29, 1.82) is 0 Å². The number of halogens is 1. The lowest BCUT2D eigenvalue weighted by Gasteiger charge is -1.96. The van der Waals surface area contributed by atoms with Crippen LogP contribution in [0.2, 0.25) is 0 Å². The molecule has 0 aromatic heterocycles. The number of benzene rings is 1. The van der Waals surface area contributed by atoms with Gasteiger partial charge in [-0.15, -0.1) is 0 Å². The zero-order valence-corrected chi connectivity index (χ0v) is 8.84. The Balaban J connectivity index is 2.85. The number of aromatic hydroxyl groups is 1. The van der Waals surface area contributed by atoms with Gasteiger partial charge in [-0.1, -0.05) is 27.8 Å². The number of hydrogen-bond donors (Lipinski definition) is 2. The summed E-state index contributed by atoms with van der Waals surface area (Å²) in [6.45, 7) is 0. The van der Waals surface area contributed by atoms with Crippen LogP contribution in [0.3, 0.4) is 0 Å². The van der Waals surface area contributed by atoms with Crippen molar-refractivity contribution in [3.63, 3.8) is 0 Å². The molecule has 0 aliphatic rings. The van der Waals surface area contributed by atoms with E-state index < -0.39 is 5.91 Å². The van der Waals surface area contributed by atoms with E-state index in [0.717, 1.165) is 4.47 Å². The molecule has 72 valence electrons. The van der Waals surface area contributed by atoms with Gasteiger partial charge in [0.25, 0.3) is 0 Å². The van der Waals surface area contributed by atoms with Crippen molar-refractivity contribution in [2.75, 3.05) is 0 Å². The molecule has 1 aromatic rings. The molecule has 4 heteroatoms. The van der Waals surface area contributed by atoms with Gasteiger partial charge in [-0.3, -0.25) is 4.79 Å². The van der Waals surface area contributed by atoms with Crippen molar-refractivity contribution in [3.05, 3.63) is 28.2 Å². The summed E-state index contributed by atoms with van der Waals surface area (Å²) in [5, 5.41) is 9.41. The Labute approximate surface area is 90.1 Å². The van der Waals surface area contributed by atoms with Gasteiger partial charge in [-0.25, -0.2) is 0 Å². The summed E-state index contributed by atoms with van der Waals surface area (Å²) >= 11 is 3.21. The molecule has 0 saturated carbocycles. The fourth-order valence-electron chi connectivity index (χ4n) is 0.837. The topological polar surface area (TPSA) is 63.3 Å². The molecule has 0 fully saturated rings. The lowest BCUT2D eigenvalue weighted by atomic mass is 10.2. The summed E-state index contributed by atoms with van der Waals surface area (Å²) in [5.41, 5.74) is 5.39. The molecule has 0 aliphatic carbocycles. The number of hydrogen-bond acceptors (Lipinski definition) is 2. The van der Waals surface area contributed by atoms with Crippen LogP contribution in [-0.2, 0) is 4.79 Å². The Bertz CT molecular complexity index is 418. The molecule has 0 radical (unpaired) electrons. The van der Waals surface area contributed by atoms with E-state index >= 15 is 0 Å². The van der Waals surface area contributed by atoms with Crippen LogP contribution >= 0.6 is 15.9 Å². The first-order chi connectivity index (χ1) is 6.59. The Morgan fingerprint density at radius 3 is 2.86 bits per heavy atom. The van der Waals surface area contributed by atoms with Gasteiger partial charge in [-0.2, -0.15) is 0 Å². The van der Waals surface area contributed by atoms with Crippen LogP contribution in [0.25, 0.3) is 0 Å². The summed E-state index contributed by atoms with van der Waals surface area (Å²) in [4.78, 5) is 10.4. The van der Waals surface area contributed by atoms with Crippen molar-refractivity contribution >= 4 is 21.8 Å². The second-order valence-electron chi connectivity index (χ2n) is 2.61. The third-order valence-corrected chi connectivity index (χ3v) is 1.94. The fourth-order valence-corrected chi connectivity index (χ4v) is 1.19.